The van der Waals surface area contributed by atoms with Crippen molar-refractivity contribution in [1.29, 1.82) is 0 Å². The van der Waals surface area contributed by atoms with Crippen LogP contribution in [-0.2, 0) is 6.42 Å². The zero-order valence-corrected chi connectivity index (χ0v) is 12.0. The van der Waals surface area contributed by atoms with Crippen LogP contribution in [0.15, 0.2) is 50.9 Å². The lowest BCUT2D eigenvalue weighted by Gasteiger charge is -2.07. The Hall–Kier alpha value is -1.10. The van der Waals surface area contributed by atoms with Crippen molar-refractivity contribution in [2.75, 3.05) is 0 Å². The normalized spacial score (nSPS) is 13.0. The molecule has 3 aromatic rings. The van der Waals surface area contributed by atoms with Gasteiger partial charge in [-0.25, -0.2) is 0 Å². The van der Waals surface area contributed by atoms with E-state index in [1.807, 2.05) is 12.1 Å². The molecule has 0 aliphatic heterocycles. The molecule has 0 saturated heterocycles. The summed E-state index contributed by atoms with van der Waals surface area (Å²) in [4.78, 5) is 0. The molecule has 2 heterocycles. The third-order valence-electron chi connectivity index (χ3n) is 2.96. The second kappa shape index (κ2) is 4.88. The van der Waals surface area contributed by atoms with Crippen LogP contribution in [0, 0.1) is 0 Å². The van der Waals surface area contributed by atoms with Crippen LogP contribution < -0.4 is 5.73 Å². The number of nitrogens with two attached hydrogens (primary N) is 1. The van der Waals surface area contributed by atoms with Gasteiger partial charge in [0.05, 0.1) is 6.04 Å². The van der Waals surface area contributed by atoms with Gasteiger partial charge in [-0.05, 0) is 56.9 Å². The first-order valence-corrected chi connectivity index (χ1v) is 7.37. The molecule has 1 atom stereocenters. The van der Waals surface area contributed by atoms with Gasteiger partial charge in [0.15, 0.2) is 4.67 Å². The Morgan fingerprint density at radius 3 is 2.83 bits per heavy atom. The van der Waals surface area contributed by atoms with Crippen molar-refractivity contribution >= 4 is 37.4 Å². The molecule has 0 amide bonds. The Kier molecular flexibility index (Phi) is 3.24. The first-order chi connectivity index (χ1) is 8.74. The molecule has 0 spiro atoms. The number of halogens is 1. The minimum Gasteiger partial charge on any atom is -0.453 e. The maximum Gasteiger partial charge on any atom is 0.169 e. The summed E-state index contributed by atoms with van der Waals surface area (Å²) in [5.74, 6) is 0.817. The van der Waals surface area contributed by atoms with E-state index in [1.165, 1.54) is 15.6 Å². The van der Waals surface area contributed by atoms with E-state index in [0.717, 1.165) is 16.9 Å². The Labute approximate surface area is 118 Å². The lowest BCUT2D eigenvalue weighted by atomic mass is 10.0. The highest BCUT2D eigenvalue weighted by molar-refractivity contribution is 9.10. The fraction of sp³-hybridized carbons (Fsp3) is 0.143. The highest BCUT2D eigenvalue weighted by Gasteiger charge is 2.13. The van der Waals surface area contributed by atoms with Crippen molar-refractivity contribution in [3.05, 3.63) is 57.8 Å². The number of fused-ring (bicyclic) bond motifs is 1. The fourth-order valence-corrected chi connectivity index (χ4v) is 3.35. The van der Waals surface area contributed by atoms with E-state index >= 15 is 0 Å². The van der Waals surface area contributed by atoms with Crippen LogP contribution in [0.3, 0.4) is 0 Å². The molecule has 18 heavy (non-hydrogen) atoms. The van der Waals surface area contributed by atoms with Gasteiger partial charge in [0.2, 0.25) is 0 Å². The molecule has 0 bridgehead atoms. The van der Waals surface area contributed by atoms with E-state index in [0.29, 0.717) is 0 Å². The summed E-state index contributed by atoms with van der Waals surface area (Å²) in [6.07, 6.45) is 0.796. The van der Waals surface area contributed by atoms with Gasteiger partial charge in [0, 0.05) is 4.70 Å². The van der Waals surface area contributed by atoms with Crippen LogP contribution in [0.5, 0.6) is 0 Å². The molecule has 0 fully saturated rings. The van der Waals surface area contributed by atoms with Crippen LogP contribution in [0.25, 0.3) is 10.1 Å². The van der Waals surface area contributed by atoms with Crippen molar-refractivity contribution in [3.63, 3.8) is 0 Å². The summed E-state index contributed by atoms with van der Waals surface area (Å²) in [6, 6.07) is 12.1. The van der Waals surface area contributed by atoms with E-state index < -0.39 is 0 Å². The van der Waals surface area contributed by atoms with E-state index in [-0.39, 0.29) is 6.04 Å². The largest absolute Gasteiger partial charge is 0.453 e. The summed E-state index contributed by atoms with van der Waals surface area (Å²) in [5, 5.41) is 3.48. The van der Waals surface area contributed by atoms with E-state index in [9.17, 15) is 0 Å². The molecule has 4 heteroatoms. The van der Waals surface area contributed by atoms with Crippen molar-refractivity contribution < 1.29 is 4.42 Å². The number of hydrogen-bond acceptors (Lipinski definition) is 3. The Morgan fingerprint density at radius 1 is 1.22 bits per heavy atom. The minimum atomic E-state index is -0.102. The molecule has 2 aromatic heterocycles. The zero-order chi connectivity index (χ0) is 12.5. The number of rotatable bonds is 3. The van der Waals surface area contributed by atoms with Crippen molar-refractivity contribution in [1.82, 2.24) is 0 Å². The van der Waals surface area contributed by atoms with Gasteiger partial charge < -0.3 is 10.2 Å². The second-order valence-electron chi connectivity index (χ2n) is 4.21. The van der Waals surface area contributed by atoms with Gasteiger partial charge >= 0.3 is 0 Å². The second-order valence-corrected chi connectivity index (χ2v) is 5.90. The predicted octanol–water partition coefficient (Wildman–Crippen LogP) is 4.50. The van der Waals surface area contributed by atoms with Crippen LogP contribution in [-0.4, -0.2) is 0 Å². The van der Waals surface area contributed by atoms with E-state index in [4.69, 9.17) is 10.2 Å². The molecule has 1 aromatic carbocycles. The van der Waals surface area contributed by atoms with Gasteiger partial charge in [-0.1, -0.05) is 18.2 Å². The fourth-order valence-electron chi connectivity index (χ4n) is 2.06. The zero-order valence-electron chi connectivity index (χ0n) is 9.60. The molecule has 2 N–H and O–H groups in total. The molecule has 0 aliphatic rings. The smallest absolute Gasteiger partial charge is 0.169 e. The van der Waals surface area contributed by atoms with Gasteiger partial charge in [-0.2, -0.15) is 0 Å². The first kappa shape index (κ1) is 12.0. The topological polar surface area (TPSA) is 39.2 Å². The maximum atomic E-state index is 6.18. The molecule has 3 rings (SSSR count). The van der Waals surface area contributed by atoms with Crippen LogP contribution >= 0.6 is 27.3 Å². The first-order valence-electron chi connectivity index (χ1n) is 5.70. The summed E-state index contributed by atoms with van der Waals surface area (Å²) >= 11 is 5.06. The Balaban J connectivity index is 1.88. The van der Waals surface area contributed by atoms with E-state index in [2.05, 4.69) is 45.6 Å². The average molecular weight is 322 g/mol. The molecule has 0 saturated carbocycles. The quantitative estimate of drug-likeness (QED) is 0.771. The lowest BCUT2D eigenvalue weighted by molar-refractivity contribution is 0.448. The SMILES string of the molecule is NC(Cc1csc2ccccc12)c1ccc(Br)o1. The summed E-state index contributed by atoms with van der Waals surface area (Å²) in [6.45, 7) is 0. The van der Waals surface area contributed by atoms with E-state index in [1.54, 1.807) is 11.3 Å². The van der Waals surface area contributed by atoms with Crippen LogP contribution in [0.2, 0.25) is 0 Å². The molecule has 0 aliphatic carbocycles. The summed E-state index contributed by atoms with van der Waals surface area (Å²) in [7, 11) is 0. The number of hydrogen-bond donors (Lipinski definition) is 1. The average Bonchev–Trinajstić information content (AvgIpc) is 2.97. The number of furan rings is 1. The molecule has 0 radical (unpaired) electrons. The molecule has 1 unspecified atom stereocenters. The Morgan fingerprint density at radius 2 is 2.06 bits per heavy atom. The summed E-state index contributed by atoms with van der Waals surface area (Å²) in [5.41, 5.74) is 7.47. The number of thiophene rings is 1. The predicted molar refractivity (Wildman–Crippen MR) is 78.9 cm³/mol. The van der Waals surface area contributed by atoms with Crippen LogP contribution in [0.1, 0.15) is 17.4 Å². The van der Waals surface area contributed by atoms with Crippen LogP contribution in [0.4, 0.5) is 0 Å². The highest BCUT2D eigenvalue weighted by atomic mass is 79.9. The van der Waals surface area contributed by atoms with Crippen molar-refractivity contribution in [3.8, 4) is 0 Å². The maximum absolute atomic E-state index is 6.18. The molecular weight excluding hydrogens is 310 g/mol. The van der Waals surface area contributed by atoms with Gasteiger partial charge in [-0.15, -0.1) is 11.3 Å². The standard InChI is InChI=1S/C14H12BrNOS/c15-14-6-5-12(17-14)11(16)7-9-8-18-13-4-2-1-3-10(9)13/h1-6,8,11H,7,16H2. The Bertz CT molecular complexity index is 673. The van der Waals surface area contributed by atoms with Crippen molar-refractivity contribution in [2.45, 2.75) is 12.5 Å². The number of benzene rings is 1. The minimum absolute atomic E-state index is 0.102. The van der Waals surface area contributed by atoms with Gasteiger partial charge in [0.1, 0.15) is 5.76 Å². The molecule has 92 valence electrons. The third-order valence-corrected chi connectivity index (χ3v) is 4.40. The lowest BCUT2D eigenvalue weighted by Crippen LogP contribution is -2.12. The monoisotopic (exact) mass is 321 g/mol. The van der Waals surface area contributed by atoms with Gasteiger partial charge in [-0.3, -0.25) is 0 Å². The van der Waals surface area contributed by atoms with Crippen molar-refractivity contribution in [2.24, 2.45) is 5.73 Å². The van der Waals surface area contributed by atoms with Gasteiger partial charge in [0.25, 0.3) is 0 Å². The highest BCUT2D eigenvalue weighted by Crippen LogP contribution is 2.29. The third kappa shape index (κ3) is 2.23. The molecular formula is C14H12BrNOS. The summed E-state index contributed by atoms with van der Waals surface area (Å²) < 4.78 is 7.53. The molecule has 2 nitrogen and oxygen atoms in total.